The van der Waals surface area contributed by atoms with Gasteiger partial charge in [-0.25, -0.2) is 0 Å². The normalized spacial score (nSPS) is 14.8. The number of nitro groups is 1. The molecule has 0 saturated heterocycles. The van der Waals surface area contributed by atoms with Crippen LogP contribution < -0.4 is 5.73 Å². The zero-order valence-electron chi connectivity index (χ0n) is 7.75. The second kappa shape index (κ2) is 4.17. The summed E-state index contributed by atoms with van der Waals surface area (Å²) in [5.41, 5.74) is 6.35. The minimum Gasteiger partial charge on any atom is -0.391 e. The lowest BCUT2D eigenvalue weighted by molar-refractivity contribution is -0.384. The molecule has 0 aliphatic heterocycles. The highest BCUT2D eigenvalue weighted by Crippen LogP contribution is 2.18. The summed E-state index contributed by atoms with van der Waals surface area (Å²) in [4.78, 5) is 9.87. The van der Waals surface area contributed by atoms with Crippen molar-refractivity contribution in [3.8, 4) is 0 Å². The summed E-state index contributed by atoms with van der Waals surface area (Å²) in [6.45, 7) is 1.58. The molecule has 3 N–H and O–H groups in total. The average molecular weight is 196 g/mol. The molecule has 0 spiro atoms. The number of non-ortho nitro benzene ring substituents is 1. The van der Waals surface area contributed by atoms with Gasteiger partial charge in [0.05, 0.1) is 17.1 Å². The molecule has 1 aromatic rings. The summed E-state index contributed by atoms with van der Waals surface area (Å²) in [6, 6.07) is 5.34. The van der Waals surface area contributed by atoms with Crippen molar-refractivity contribution in [2.45, 2.75) is 19.1 Å². The highest BCUT2D eigenvalue weighted by molar-refractivity contribution is 5.34. The van der Waals surface area contributed by atoms with E-state index in [-0.39, 0.29) is 5.69 Å². The van der Waals surface area contributed by atoms with Crippen molar-refractivity contribution in [3.63, 3.8) is 0 Å². The first kappa shape index (κ1) is 10.6. The summed E-state index contributed by atoms with van der Waals surface area (Å²) in [5, 5.41) is 19.5. The third-order valence-corrected chi connectivity index (χ3v) is 2.01. The second-order valence-electron chi connectivity index (χ2n) is 3.12. The summed E-state index contributed by atoms with van der Waals surface area (Å²) in [5.74, 6) is 0. The van der Waals surface area contributed by atoms with Gasteiger partial charge in [-0.15, -0.1) is 0 Å². The molecule has 0 radical (unpaired) electrons. The Labute approximate surface area is 81.3 Å². The molecule has 14 heavy (non-hydrogen) atoms. The van der Waals surface area contributed by atoms with Crippen molar-refractivity contribution >= 4 is 5.69 Å². The monoisotopic (exact) mass is 196 g/mol. The van der Waals surface area contributed by atoms with Crippen LogP contribution in [0.4, 0.5) is 5.69 Å². The smallest absolute Gasteiger partial charge is 0.269 e. The number of nitrogens with two attached hydrogens (primary N) is 1. The van der Waals surface area contributed by atoms with Crippen LogP contribution in [0.3, 0.4) is 0 Å². The molecular formula is C9H12N2O3. The molecule has 2 atom stereocenters. The van der Waals surface area contributed by atoms with Gasteiger partial charge in [0.2, 0.25) is 0 Å². The Morgan fingerprint density at radius 2 is 1.93 bits per heavy atom. The van der Waals surface area contributed by atoms with E-state index in [0.717, 1.165) is 0 Å². The number of benzene rings is 1. The minimum absolute atomic E-state index is 0.0199. The molecule has 0 bridgehead atoms. The van der Waals surface area contributed by atoms with Crippen LogP contribution in [0.25, 0.3) is 0 Å². The predicted molar refractivity (Wildman–Crippen MR) is 51.7 cm³/mol. The van der Waals surface area contributed by atoms with Crippen molar-refractivity contribution in [1.29, 1.82) is 0 Å². The van der Waals surface area contributed by atoms with Crippen LogP contribution in [-0.4, -0.2) is 16.1 Å². The van der Waals surface area contributed by atoms with E-state index in [4.69, 9.17) is 5.73 Å². The fraction of sp³-hybridized carbons (Fsp3) is 0.333. The summed E-state index contributed by atoms with van der Waals surface area (Å²) in [6.07, 6.45) is -0.670. The van der Waals surface area contributed by atoms with Crippen LogP contribution in [0, 0.1) is 10.1 Å². The van der Waals surface area contributed by atoms with E-state index in [2.05, 4.69) is 0 Å². The van der Waals surface area contributed by atoms with Gasteiger partial charge in [-0.05, 0) is 12.5 Å². The van der Waals surface area contributed by atoms with Crippen LogP contribution in [0.15, 0.2) is 24.3 Å². The molecule has 0 aliphatic carbocycles. The third-order valence-electron chi connectivity index (χ3n) is 2.01. The maximum atomic E-state index is 10.3. The Bertz CT molecular complexity index is 321. The number of aliphatic hydroxyl groups excluding tert-OH is 1. The topological polar surface area (TPSA) is 89.4 Å². The molecule has 0 aromatic heterocycles. The van der Waals surface area contributed by atoms with Gasteiger partial charge in [-0.1, -0.05) is 12.1 Å². The Kier molecular flexibility index (Phi) is 3.16. The Morgan fingerprint density at radius 3 is 2.29 bits per heavy atom. The van der Waals surface area contributed by atoms with E-state index in [9.17, 15) is 15.2 Å². The number of nitrogens with zero attached hydrogens (tertiary/aromatic N) is 1. The standard InChI is InChI=1S/C9H12N2O3/c1-6(12)9(10)7-2-4-8(5-3-7)11(13)14/h2-6,9,12H,10H2,1H3/t6-,9+/m1/s1. The molecule has 0 heterocycles. The van der Waals surface area contributed by atoms with Gasteiger partial charge in [-0.3, -0.25) is 10.1 Å². The van der Waals surface area contributed by atoms with E-state index in [1.54, 1.807) is 19.1 Å². The predicted octanol–water partition coefficient (Wildman–Crippen LogP) is 0.975. The lowest BCUT2D eigenvalue weighted by Gasteiger charge is -2.14. The van der Waals surface area contributed by atoms with Crippen molar-refractivity contribution in [1.82, 2.24) is 0 Å². The molecule has 0 saturated carbocycles. The Hall–Kier alpha value is -1.46. The van der Waals surface area contributed by atoms with Crippen molar-refractivity contribution in [2.75, 3.05) is 0 Å². The quantitative estimate of drug-likeness (QED) is 0.557. The van der Waals surface area contributed by atoms with E-state index < -0.39 is 17.1 Å². The number of hydrogen-bond acceptors (Lipinski definition) is 4. The summed E-state index contributed by atoms with van der Waals surface area (Å²) < 4.78 is 0. The second-order valence-corrected chi connectivity index (χ2v) is 3.12. The minimum atomic E-state index is -0.670. The van der Waals surface area contributed by atoms with Gasteiger partial charge in [0.1, 0.15) is 0 Å². The number of hydrogen-bond donors (Lipinski definition) is 2. The van der Waals surface area contributed by atoms with Gasteiger partial charge in [0, 0.05) is 12.1 Å². The van der Waals surface area contributed by atoms with Crippen molar-refractivity contribution in [3.05, 3.63) is 39.9 Å². The molecular weight excluding hydrogens is 184 g/mol. The molecule has 0 aliphatic rings. The molecule has 0 fully saturated rings. The summed E-state index contributed by atoms with van der Waals surface area (Å²) in [7, 11) is 0. The third kappa shape index (κ3) is 2.27. The van der Waals surface area contributed by atoms with Gasteiger partial charge >= 0.3 is 0 Å². The van der Waals surface area contributed by atoms with E-state index in [1.807, 2.05) is 0 Å². The number of aliphatic hydroxyl groups is 1. The molecule has 1 aromatic carbocycles. The van der Waals surface area contributed by atoms with Crippen LogP contribution in [0.2, 0.25) is 0 Å². The maximum Gasteiger partial charge on any atom is 0.269 e. The van der Waals surface area contributed by atoms with Crippen molar-refractivity contribution in [2.24, 2.45) is 5.73 Å². The van der Waals surface area contributed by atoms with Crippen LogP contribution >= 0.6 is 0 Å². The molecule has 5 heteroatoms. The highest BCUT2D eigenvalue weighted by Gasteiger charge is 2.13. The Balaban J connectivity index is 2.88. The fourth-order valence-corrected chi connectivity index (χ4v) is 1.10. The highest BCUT2D eigenvalue weighted by atomic mass is 16.6. The Morgan fingerprint density at radius 1 is 1.43 bits per heavy atom. The van der Waals surface area contributed by atoms with Crippen LogP contribution in [0.5, 0.6) is 0 Å². The zero-order valence-corrected chi connectivity index (χ0v) is 7.75. The number of nitro benzene ring substituents is 1. The van der Waals surface area contributed by atoms with E-state index >= 15 is 0 Å². The first-order valence-corrected chi connectivity index (χ1v) is 4.20. The van der Waals surface area contributed by atoms with Gasteiger partial charge < -0.3 is 10.8 Å². The van der Waals surface area contributed by atoms with Gasteiger partial charge in [0.15, 0.2) is 0 Å². The average Bonchev–Trinajstić information content (AvgIpc) is 2.16. The lowest BCUT2D eigenvalue weighted by atomic mass is 10.0. The van der Waals surface area contributed by atoms with E-state index in [0.29, 0.717) is 5.56 Å². The largest absolute Gasteiger partial charge is 0.391 e. The molecule has 0 unspecified atom stereocenters. The lowest BCUT2D eigenvalue weighted by Crippen LogP contribution is -2.22. The molecule has 5 nitrogen and oxygen atoms in total. The first-order chi connectivity index (χ1) is 6.52. The summed E-state index contributed by atoms with van der Waals surface area (Å²) >= 11 is 0. The number of rotatable bonds is 3. The SMILES string of the molecule is C[C@@H](O)[C@H](N)c1ccc([N+](=O)[O-])cc1. The van der Waals surface area contributed by atoms with Gasteiger partial charge in [0.25, 0.3) is 5.69 Å². The molecule has 1 rings (SSSR count). The van der Waals surface area contributed by atoms with Crippen LogP contribution in [0.1, 0.15) is 18.5 Å². The molecule has 76 valence electrons. The zero-order chi connectivity index (χ0) is 10.7. The fourth-order valence-electron chi connectivity index (χ4n) is 1.10. The van der Waals surface area contributed by atoms with Gasteiger partial charge in [-0.2, -0.15) is 0 Å². The maximum absolute atomic E-state index is 10.3. The van der Waals surface area contributed by atoms with Crippen LogP contribution in [-0.2, 0) is 0 Å². The molecule has 0 amide bonds. The van der Waals surface area contributed by atoms with Crippen molar-refractivity contribution < 1.29 is 10.0 Å². The first-order valence-electron chi connectivity index (χ1n) is 4.20. The van der Waals surface area contributed by atoms with E-state index in [1.165, 1.54) is 12.1 Å².